The predicted octanol–water partition coefficient (Wildman–Crippen LogP) is 1.61. The molecule has 0 aliphatic carbocycles. The zero-order chi connectivity index (χ0) is 16.1. The second-order valence-electron chi connectivity index (χ2n) is 5.90. The van der Waals surface area contributed by atoms with Crippen molar-refractivity contribution in [3.8, 4) is 11.5 Å². The lowest BCUT2D eigenvalue weighted by Crippen LogP contribution is -2.45. The molecule has 1 saturated heterocycles. The number of hydrogen-bond donors (Lipinski definition) is 1. The number of methoxy groups -OCH3 is 1. The molecule has 0 spiro atoms. The van der Waals surface area contributed by atoms with Gasteiger partial charge in [0.1, 0.15) is 0 Å². The molecule has 1 aromatic carbocycles. The number of morpholine rings is 1. The Bertz CT molecular complexity index is 549. The Morgan fingerprint density at radius 1 is 1.42 bits per heavy atom. The number of halogens is 1. The van der Waals surface area contributed by atoms with Crippen LogP contribution in [0.4, 0.5) is 0 Å². The lowest BCUT2D eigenvalue weighted by molar-refractivity contribution is -0.133. The van der Waals surface area contributed by atoms with Gasteiger partial charge in [0, 0.05) is 37.7 Å². The number of nitrogens with one attached hydrogen (secondary N) is 1. The van der Waals surface area contributed by atoms with Crippen molar-refractivity contribution in [1.82, 2.24) is 10.2 Å². The third-order valence-electron chi connectivity index (χ3n) is 4.23. The summed E-state index contributed by atoms with van der Waals surface area (Å²) in [5.74, 6) is 1.63. The fraction of sp³-hybridized carbons (Fsp3) is 0.588. The molecule has 0 saturated carbocycles. The predicted molar refractivity (Wildman–Crippen MR) is 93.0 cm³/mol. The van der Waals surface area contributed by atoms with Gasteiger partial charge in [-0.3, -0.25) is 4.79 Å². The van der Waals surface area contributed by atoms with Gasteiger partial charge in [-0.25, -0.2) is 0 Å². The van der Waals surface area contributed by atoms with Crippen LogP contribution in [0.3, 0.4) is 0 Å². The molecule has 1 N–H and O–H groups in total. The number of fused-ring (bicyclic) bond motifs is 1. The monoisotopic (exact) mass is 356 g/mol. The summed E-state index contributed by atoms with van der Waals surface area (Å²) < 4.78 is 16.6. The zero-order valence-corrected chi connectivity index (χ0v) is 14.8. The van der Waals surface area contributed by atoms with Crippen molar-refractivity contribution >= 4 is 18.3 Å². The molecule has 6 nitrogen and oxygen atoms in total. The van der Waals surface area contributed by atoms with Gasteiger partial charge < -0.3 is 24.4 Å². The molecule has 7 heteroatoms. The van der Waals surface area contributed by atoms with E-state index in [4.69, 9.17) is 14.2 Å². The first-order valence-electron chi connectivity index (χ1n) is 8.15. The molecule has 0 radical (unpaired) electrons. The molecular weight excluding hydrogens is 332 g/mol. The number of rotatable bonds is 3. The fourth-order valence-electron chi connectivity index (χ4n) is 3.03. The maximum atomic E-state index is 12.7. The first-order valence-corrected chi connectivity index (χ1v) is 8.15. The summed E-state index contributed by atoms with van der Waals surface area (Å²) in [7, 11) is 1.63. The topological polar surface area (TPSA) is 60.0 Å². The molecule has 1 aromatic rings. The van der Waals surface area contributed by atoms with Gasteiger partial charge in [-0.1, -0.05) is 12.1 Å². The van der Waals surface area contributed by atoms with Gasteiger partial charge >= 0.3 is 0 Å². The Hall–Kier alpha value is -1.50. The van der Waals surface area contributed by atoms with E-state index >= 15 is 0 Å². The van der Waals surface area contributed by atoms with Gasteiger partial charge in [0.25, 0.3) is 0 Å². The summed E-state index contributed by atoms with van der Waals surface area (Å²) in [5, 5.41) is 3.34. The van der Waals surface area contributed by atoms with E-state index in [1.165, 1.54) is 0 Å². The van der Waals surface area contributed by atoms with Gasteiger partial charge in [0.2, 0.25) is 5.91 Å². The first-order chi connectivity index (χ1) is 11.3. The highest BCUT2D eigenvalue weighted by atomic mass is 35.5. The summed E-state index contributed by atoms with van der Waals surface area (Å²) in [6, 6.07) is 5.92. The highest BCUT2D eigenvalue weighted by molar-refractivity contribution is 5.85. The van der Waals surface area contributed by atoms with E-state index in [9.17, 15) is 4.79 Å². The van der Waals surface area contributed by atoms with E-state index in [1.807, 2.05) is 23.1 Å². The van der Waals surface area contributed by atoms with Crippen molar-refractivity contribution < 1.29 is 19.0 Å². The van der Waals surface area contributed by atoms with E-state index in [0.29, 0.717) is 32.7 Å². The quantitative estimate of drug-likeness (QED) is 0.891. The number of para-hydroxylation sites is 1. The maximum absolute atomic E-state index is 12.7. The Morgan fingerprint density at radius 2 is 2.29 bits per heavy atom. The number of benzene rings is 1. The minimum Gasteiger partial charge on any atom is -0.493 e. The Balaban J connectivity index is 0.00000208. The lowest BCUT2D eigenvalue weighted by atomic mass is 10.1. The number of carbonyl (C=O) groups excluding carboxylic acids is 1. The summed E-state index contributed by atoms with van der Waals surface area (Å²) >= 11 is 0. The van der Waals surface area contributed by atoms with Crippen LogP contribution in [0.1, 0.15) is 18.4 Å². The molecule has 2 heterocycles. The van der Waals surface area contributed by atoms with Crippen LogP contribution in [0.15, 0.2) is 18.2 Å². The normalized spacial score (nSPS) is 20.7. The average Bonchev–Trinajstić information content (AvgIpc) is 2.55. The van der Waals surface area contributed by atoms with Crippen LogP contribution >= 0.6 is 12.4 Å². The molecule has 1 atom stereocenters. The first kappa shape index (κ1) is 18.8. The van der Waals surface area contributed by atoms with Crippen molar-refractivity contribution in [2.75, 3.05) is 40.0 Å². The second kappa shape index (κ2) is 9.11. The second-order valence-corrected chi connectivity index (χ2v) is 5.90. The number of carbonyl (C=O) groups is 1. The van der Waals surface area contributed by atoms with Gasteiger partial charge in [0.05, 0.1) is 26.9 Å². The van der Waals surface area contributed by atoms with Crippen molar-refractivity contribution in [2.24, 2.45) is 0 Å². The summed E-state index contributed by atoms with van der Waals surface area (Å²) in [5.41, 5.74) is 0.991. The van der Waals surface area contributed by atoms with Crippen molar-refractivity contribution in [1.29, 1.82) is 0 Å². The van der Waals surface area contributed by atoms with Gasteiger partial charge in [-0.15, -0.1) is 12.4 Å². The van der Waals surface area contributed by atoms with Crippen LogP contribution in [-0.4, -0.2) is 56.9 Å². The minimum atomic E-state index is 0. The lowest BCUT2D eigenvalue weighted by Gasteiger charge is -2.30. The molecule has 24 heavy (non-hydrogen) atoms. The van der Waals surface area contributed by atoms with E-state index in [1.54, 1.807) is 7.11 Å². The number of hydrogen-bond acceptors (Lipinski definition) is 5. The third-order valence-corrected chi connectivity index (χ3v) is 4.23. The van der Waals surface area contributed by atoms with Gasteiger partial charge in [-0.05, 0) is 12.5 Å². The van der Waals surface area contributed by atoms with Crippen molar-refractivity contribution in [2.45, 2.75) is 25.4 Å². The van der Waals surface area contributed by atoms with Gasteiger partial charge in [0.15, 0.2) is 11.5 Å². The fourth-order valence-corrected chi connectivity index (χ4v) is 3.03. The van der Waals surface area contributed by atoms with E-state index in [-0.39, 0.29) is 24.4 Å². The van der Waals surface area contributed by atoms with Crippen LogP contribution in [0, 0.1) is 0 Å². The van der Waals surface area contributed by atoms with Crippen LogP contribution in [0.2, 0.25) is 0 Å². The Morgan fingerprint density at radius 3 is 3.04 bits per heavy atom. The molecule has 1 amide bonds. The third kappa shape index (κ3) is 4.53. The van der Waals surface area contributed by atoms with E-state index in [2.05, 4.69) is 5.32 Å². The molecule has 2 aliphatic rings. The Labute approximate surface area is 148 Å². The average molecular weight is 357 g/mol. The largest absolute Gasteiger partial charge is 0.493 e. The molecule has 1 fully saturated rings. The number of amides is 1. The standard InChI is InChI=1S/C17H24N2O4.ClH/c1-21-15-5-2-4-13-11-19(7-3-8-23-17(13)15)16(20)10-14-12-22-9-6-18-14;/h2,4-5,14,18H,3,6-12H2,1H3;1H. The van der Waals surface area contributed by atoms with E-state index < -0.39 is 0 Å². The SMILES string of the molecule is COc1cccc2c1OCCCN(C(=O)CC1COCCN1)C2.Cl. The maximum Gasteiger partial charge on any atom is 0.224 e. The van der Waals surface area contributed by atoms with E-state index in [0.717, 1.165) is 36.6 Å². The number of nitrogens with zero attached hydrogens (tertiary/aromatic N) is 1. The highest BCUT2D eigenvalue weighted by Gasteiger charge is 2.24. The molecule has 3 rings (SSSR count). The van der Waals surface area contributed by atoms with Crippen LogP contribution < -0.4 is 14.8 Å². The van der Waals surface area contributed by atoms with Crippen molar-refractivity contribution in [3.63, 3.8) is 0 Å². The molecule has 0 aromatic heterocycles. The van der Waals surface area contributed by atoms with Gasteiger partial charge in [-0.2, -0.15) is 0 Å². The minimum absolute atomic E-state index is 0. The molecule has 134 valence electrons. The van der Waals surface area contributed by atoms with Crippen molar-refractivity contribution in [3.05, 3.63) is 23.8 Å². The summed E-state index contributed by atoms with van der Waals surface area (Å²) in [4.78, 5) is 14.6. The number of ether oxygens (including phenoxy) is 3. The summed E-state index contributed by atoms with van der Waals surface area (Å²) in [6.07, 6.45) is 1.29. The summed E-state index contributed by atoms with van der Waals surface area (Å²) in [6.45, 7) is 3.99. The van der Waals surface area contributed by atoms with Crippen LogP contribution in [-0.2, 0) is 16.1 Å². The zero-order valence-electron chi connectivity index (χ0n) is 14.0. The van der Waals surface area contributed by atoms with Crippen LogP contribution in [0.25, 0.3) is 0 Å². The molecule has 0 bridgehead atoms. The Kier molecular flexibility index (Phi) is 7.15. The molecule has 2 aliphatic heterocycles. The highest BCUT2D eigenvalue weighted by Crippen LogP contribution is 2.33. The molecular formula is C17H25ClN2O4. The van der Waals surface area contributed by atoms with Crippen LogP contribution in [0.5, 0.6) is 11.5 Å². The smallest absolute Gasteiger partial charge is 0.224 e. The molecule has 1 unspecified atom stereocenters.